The number of nitrogens with zero attached hydrogens (tertiary/aromatic N) is 4. The van der Waals surface area contributed by atoms with Gasteiger partial charge in [-0.1, -0.05) is 28.4 Å². The van der Waals surface area contributed by atoms with Gasteiger partial charge < -0.3 is 33.7 Å². The fraction of sp³-hybridized carbons (Fsp3) is 0.318. The van der Waals surface area contributed by atoms with Crippen LogP contribution in [0.15, 0.2) is 35.1 Å². The average Bonchev–Trinajstić information content (AvgIpc) is 3.54. The number of aliphatic hydroxyl groups excluding tert-OH is 3. The van der Waals surface area contributed by atoms with Gasteiger partial charge in [-0.3, -0.25) is 0 Å². The minimum atomic E-state index is -4.57. The number of methoxy groups -OCH3 is 1. The first-order chi connectivity index (χ1) is 17.7. The molecule has 0 saturated carbocycles. The van der Waals surface area contributed by atoms with E-state index in [2.05, 4.69) is 15.1 Å². The normalized spacial score (nSPS) is 10.9. The molecular formula is C22H23Cl2F3N4O6. The molecule has 10 nitrogen and oxygen atoms in total. The van der Waals surface area contributed by atoms with Crippen LogP contribution in [-0.4, -0.2) is 69.4 Å². The molecule has 1 aromatic carbocycles. The zero-order chi connectivity index (χ0) is 27.8. The van der Waals surface area contributed by atoms with Crippen LogP contribution in [0.1, 0.15) is 12.0 Å². The molecule has 0 unspecified atom stereocenters. The van der Waals surface area contributed by atoms with Gasteiger partial charge in [-0.15, -0.1) is 0 Å². The van der Waals surface area contributed by atoms with Crippen LogP contribution in [-0.2, 0) is 6.18 Å². The molecule has 3 N–H and O–H groups in total. The van der Waals surface area contributed by atoms with Crippen molar-refractivity contribution in [3.63, 3.8) is 0 Å². The number of pyridine rings is 1. The topological polar surface area (TPSA) is 135 Å². The first-order valence-electron chi connectivity index (χ1n) is 10.3. The number of halogens is 5. The average molecular weight is 567 g/mol. The highest BCUT2D eigenvalue weighted by molar-refractivity contribution is 6.33. The third-order valence-corrected chi connectivity index (χ3v) is 5.11. The van der Waals surface area contributed by atoms with Gasteiger partial charge in [-0.25, -0.2) is 4.98 Å². The van der Waals surface area contributed by atoms with Crippen molar-refractivity contribution in [1.82, 2.24) is 19.5 Å². The molecule has 4 rings (SSSR count). The predicted molar refractivity (Wildman–Crippen MR) is 129 cm³/mol. The van der Waals surface area contributed by atoms with E-state index in [1.807, 2.05) is 0 Å². The van der Waals surface area contributed by atoms with E-state index < -0.39 is 11.7 Å². The Morgan fingerprint density at radius 1 is 1.00 bits per heavy atom. The lowest BCUT2D eigenvalue weighted by molar-refractivity contribution is -0.137. The molecule has 3 heterocycles. The number of alkyl halides is 3. The van der Waals surface area contributed by atoms with Crippen molar-refractivity contribution >= 4 is 28.8 Å². The quantitative estimate of drug-likeness (QED) is 0.279. The zero-order valence-electron chi connectivity index (χ0n) is 19.8. The molecule has 0 fully saturated rings. The number of aromatic nitrogens is 4. The Bertz CT molecular complexity index is 1310. The van der Waals surface area contributed by atoms with Gasteiger partial charge in [0.05, 0.1) is 34.9 Å². The fourth-order valence-corrected chi connectivity index (χ4v) is 3.46. The van der Waals surface area contributed by atoms with Gasteiger partial charge in [-0.05, 0) is 12.1 Å². The Morgan fingerprint density at radius 3 is 2.32 bits per heavy atom. The summed E-state index contributed by atoms with van der Waals surface area (Å²) in [5.74, 6) is 0.771. The summed E-state index contributed by atoms with van der Waals surface area (Å²) >= 11 is 12.3. The second kappa shape index (κ2) is 13.4. The van der Waals surface area contributed by atoms with E-state index in [-0.39, 0.29) is 46.3 Å². The lowest BCUT2D eigenvalue weighted by Crippen LogP contribution is -2.06. The van der Waals surface area contributed by atoms with E-state index in [0.717, 1.165) is 30.9 Å². The monoisotopic (exact) mass is 566 g/mol. The van der Waals surface area contributed by atoms with Gasteiger partial charge in [0.25, 0.3) is 5.89 Å². The highest BCUT2D eigenvalue weighted by atomic mass is 35.5. The summed E-state index contributed by atoms with van der Waals surface area (Å²) in [6, 6.07) is 3.87. The molecule has 4 aromatic rings. The van der Waals surface area contributed by atoms with E-state index in [9.17, 15) is 13.2 Å². The van der Waals surface area contributed by atoms with Gasteiger partial charge in [0.1, 0.15) is 17.2 Å². The van der Waals surface area contributed by atoms with Crippen molar-refractivity contribution in [2.75, 3.05) is 34.5 Å². The van der Waals surface area contributed by atoms with E-state index in [1.165, 1.54) is 19.4 Å². The van der Waals surface area contributed by atoms with E-state index >= 15 is 0 Å². The van der Waals surface area contributed by atoms with Crippen LogP contribution in [0, 0.1) is 0 Å². The van der Waals surface area contributed by atoms with Crippen molar-refractivity contribution in [2.45, 2.75) is 12.6 Å². The van der Waals surface area contributed by atoms with Gasteiger partial charge in [-0.2, -0.15) is 18.2 Å². The summed E-state index contributed by atoms with van der Waals surface area (Å²) in [7, 11) is 3.44. The SMILES string of the molecule is CO.CO.COc1cc(OCCCO)c(Cl)cc1-c1noc(-c2cn3cc(C(F)(F)F)cc(Cl)c3n2)n1. The molecule has 0 amide bonds. The lowest BCUT2D eigenvalue weighted by Gasteiger charge is -2.11. The zero-order valence-corrected chi connectivity index (χ0v) is 21.3. The number of imidazole rings is 1. The lowest BCUT2D eigenvalue weighted by atomic mass is 10.1. The van der Waals surface area contributed by atoms with Crippen LogP contribution in [0.3, 0.4) is 0 Å². The summed E-state index contributed by atoms with van der Waals surface area (Å²) in [5.41, 5.74) is -0.294. The van der Waals surface area contributed by atoms with Gasteiger partial charge in [0.2, 0.25) is 5.82 Å². The number of hydrogen-bond donors (Lipinski definition) is 3. The number of benzene rings is 1. The molecule has 0 saturated heterocycles. The van der Waals surface area contributed by atoms with Crippen LogP contribution in [0.2, 0.25) is 10.0 Å². The molecule has 0 aliphatic heterocycles. The van der Waals surface area contributed by atoms with Crippen LogP contribution in [0.5, 0.6) is 11.5 Å². The number of ether oxygens (including phenoxy) is 2. The molecule has 37 heavy (non-hydrogen) atoms. The molecule has 202 valence electrons. The number of hydrogen-bond acceptors (Lipinski definition) is 9. The maximum absolute atomic E-state index is 13.1. The van der Waals surface area contributed by atoms with Crippen molar-refractivity contribution < 1.29 is 42.5 Å². The third kappa shape index (κ3) is 7.02. The van der Waals surface area contributed by atoms with Gasteiger partial charge in [0, 0.05) is 45.7 Å². The second-order valence-corrected chi connectivity index (χ2v) is 7.58. The van der Waals surface area contributed by atoms with E-state index in [4.69, 9.17) is 52.5 Å². The Balaban J connectivity index is 0.00000115. The van der Waals surface area contributed by atoms with Crippen molar-refractivity contribution in [3.05, 3.63) is 46.2 Å². The Kier molecular flexibility index (Phi) is 10.9. The largest absolute Gasteiger partial charge is 0.496 e. The summed E-state index contributed by atoms with van der Waals surface area (Å²) in [6.45, 7) is 0.238. The first-order valence-corrected chi connectivity index (χ1v) is 11.1. The Hall–Kier alpha value is -3.10. The standard InChI is InChI=1S/C20H15Cl2F3N4O4.2CH4O/c1-31-15-7-16(32-4-2-3-30)12(21)6-11(15)17-27-19(33-28-17)14-9-29-8-10(20(23,24)25)5-13(22)18(29)26-14;2*1-2/h5-9,30H,2-4H2,1H3;2*2H,1H3. The number of aliphatic hydroxyl groups is 3. The smallest absolute Gasteiger partial charge is 0.417 e. The minimum absolute atomic E-state index is 0.0235. The van der Waals surface area contributed by atoms with Crippen LogP contribution >= 0.6 is 23.2 Å². The molecule has 0 spiro atoms. The van der Waals surface area contributed by atoms with E-state index in [1.54, 1.807) is 6.07 Å². The van der Waals surface area contributed by atoms with Crippen LogP contribution < -0.4 is 9.47 Å². The van der Waals surface area contributed by atoms with Crippen LogP contribution in [0.4, 0.5) is 13.2 Å². The second-order valence-electron chi connectivity index (χ2n) is 6.76. The minimum Gasteiger partial charge on any atom is -0.496 e. The maximum atomic E-state index is 13.1. The third-order valence-electron chi connectivity index (χ3n) is 4.53. The van der Waals surface area contributed by atoms with Crippen molar-refractivity contribution in [1.29, 1.82) is 0 Å². The number of rotatable bonds is 7. The van der Waals surface area contributed by atoms with Crippen molar-refractivity contribution in [3.8, 4) is 34.5 Å². The summed E-state index contributed by atoms with van der Waals surface area (Å²) in [6.07, 6.45) is -1.96. The molecule has 0 bridgehead atoms. The maximum Gasteiger partial charge on any atom is 0.417 e. The Labute approximate surface area is 218 Å². The molecule has 0 aliphatic rings. The molecular weight excluding hydrogens is 544 g/mol. The van der Waals surface area contributed by atoms with Gasteiger partial charge >= 0.3 is 6.18 Å². The number of fused-ring (bicyclic) bond motifs is 1. The molecule has 3 aromatic heterocycles. The molecule has 0 aliphatic carbocycles. The fourth-order valence-electron chi connectivity index (χ4n) is 2.99. The van der Waals surface area contributed by atoms with Gasteiger partial charge in [0.15, 0.2) is 5.65 Å². The summed E-state index contributed by atoms with van der Waals surface area (Å²) in [5, 5.41) is 26.9. The highest BCUT2D eigenvalue weighted by Gasteiger charge is 2.32. The molecule has 0 atom stereocenters. The van der Waals surface area contributed by atoms with Crippen molar-refractivity contribution in [2.24, 2.45) is 0 Å². The predicted octanol–water partition coefficient (Wildman–Crippen LogP) is 4.36. The summed E-state index contributed by atoms with van der Waals surface area (Å²) < 4.78 is 56.5. The van der Waals surface area contributed by atoms with Crippen LogP contribution in [0.25, 0.3) is 28.6 Å². The van der Waals surface area contributed by atoms with E-state index in [0.29, 0.717) is 23.5 Å². The first kappa shape index (κ1) is 30.1. The highest BCUT2D eigenvalue weighted by Crippen LogP contribution is 2.38. The molecule has 15 heteroatoms. The Morgan fingerprint density at radius 2 is 1.70 bits per heavy atom. The molecule has 0 radical (unpaired) electrons. The summed E-state index contributed by atoms with van der Waals surface area (Å²) in [4.78, 5) is 8.47.